The first kappa shape index (κ1) is 16.6. The number of hydrogen-bond acceptors (Lipinski definition) is 3. The zero-order valence-corrected chi connectivity index (χ0v) is 12.8. The maximum absolute atomic E-state index is 14.3. The second kappa shape index (κ2) is 8.00. The molecule has 0 N–H and O–H groups in total. The Labute approximate surface area is 120 Å². The van der Waals surface area contributed by atoms with Crippen LogP contribution in [-0.4, -0.2) is 32.1 Å². The molecule has 0 saturated carbocycles. The molecule has 0 spiro atoms. The van der Waals surface area contributed by atoms with E-state index in [-0.39, 0.29) is 17.6 Å². The summed E-state index contributed by atoms with van der Waals surface area (Å²) < 4.78 is 19.4. The molecule has 0 heterocycles. The van der Waals surface area contributed by atoms with Gasteiger partial charge in [-0.05, 0) is 31.9 Å². The molecule has 20 heavy (non-hydrogen) atoms. The third kappa shape index (κ3) is 3.79. The van der Waals surface area contributed by atoms with Crippen molar-refractivity contribution in [2.45, 2.75) is 39.7 Å². The van der Waals surface area contributed by atoms with Gasteiger partial charge in [0, 0.05) is 25.3 Å². The van der Waals surface area contributed by atoms with E-state index >= 15 is 0 Å². The molecule has 3 nitrogen and oxygen atoms in total. The van der Waals surface area contributed by atoms with Gasteiger partial charge in [-0.25, -0.2) is 4.39 Å². The van der Waals surface area contributed by atoms with E-state index in [0.29, 0.717) is 24.4 Å². The number of methoxy groups -OCH3 is 1. The third-order valence-electron chi connectivity index (χ3n) is 3.57. The summed E-state index contributed by atoms with van der Waals surface area (Å²) in [6.07, 6.45) is 1.79. The Balaban J connectivity index is 3.28. The van der Waals surface area contributed by atoms with Gasteiger partial charge in [0.25, 0.3) is 0 Å². The topological polar surface area (TPSA) is 29.5 Å². The van der Waals surface area contributed by atoms with Gasteiger partial charge < -0.3 is 9.64 Å². The van der Waals surface area contributed by atoms with Crippen molar-refractivity contribution in [2.75, 3.05) is 25.2 Å². The van der Waals surface area contributed by atoms with E-state index in [1.165, 1.54) is 13.0 Å². The van der Waals surface area contributed by atoms with Crippen LogP contribution < -0.4 is 4.90 Å². The minimum absolute atomic E-state index is 0.118. The van der Waals surface area contributed by atoms with Crippen molar-refractivity contribution in [3.05, 3.63) is 29.6 Å². The van der Waals surface area contributed by atoms with Gasteiger partial charge in [0.05, 0.1) is 12.3 Å². The summed E-state index contributed by atoms with van der Waals surface area (Å²) in [5.74, 6) is -0.464. The van der Waals surface area contributed by atoms with E-state index in [1.807, 2.05) is 4.90 Å². The van der Waals surface area contributed by atoms with Crippen LogP contribution in [-0.2, 0) is 4.74 Å². The first-order valence-corrected chi connectivity index (χ1v) is 7.11. The number of rotatable bonds is 8. The van der Waals surface area contributed by atoms with E-state index in [4.69, 9.17) is 4.74 Å². The molecule has 0 saturated heterocycles. The van der Waals surface area contributed by atoms with Crippen LogP contribution >= 0.6 is 0 Å². The molecule has 1 aromatic carbocycles. The molecule has 0 bridgehead atoms. The maximum Gasteiger partial charge on any atom is 0.161 e. The van der Waals surface area contributed by atoms with Gasteiger partial charge in [-0.3, -0.25) is 4.79 Å². The Morgan fingerprint density at radius 2 is 2.00 bits per heavy atom. The SMILES string of the molecule is CCC(CC)N(CCOC)c1c(F)cccc1C(C)=O. The number of para-hydroxylation sites is 1. The number of ketones is 1. The van der Waals surface area contributed by atoms with Crippen molar-refractivity contribution in [3.8, 4) is 0 Å². The molecule has 0 aliphatic carbocycles. The highest BCUT2D eigenvalue weighted by Gasteiger charge is 2.23. The molecule has 0 amide bonds. The Morgan fingerprint density at radius 1 is 1.35 bits per heavy atom. The average molecular weight is 281 g/mol. The summed E-state index contributed by atoms with van der Waals surface area (Å²) in [5, 5.41) is 0. The fourth-order valence-corrected chi connectivity index (χ4v) is 2.49. The second-order valence-corrected chi connectivity index (χ2v) is 4.85. The zero-order valence-electron chi connectivity index (χ0n) is 12.8. The van der Waals surface area contributed by atoms with Crippen LogP contribution in [0.4, 0.5) is 10.1 Å². The number of nitrogens with zero attached hydrogens (tertiary/aromatic N) is 1. The lowest BCUT2D eigenvalue weighted by atomic mass is 10.0. The highest BCUT2D eigenvalue weighted by atomic mass is 19.1. The molecule has 0 radical (unpaired) electrons. The molecule has 112 valence electrons. The lowest BCUT2D eigenvalue weighted by Crippen LogP contribution is -2.38. The molecule has 0 fully saturated rings. The Hall–Kier alpha value is -1.42. The minimum Gasteiger partial charge on any atom is -0.383 e. The normalized spacial score (nSPS) is 10.9. The Morgan fingerprint density at radius 3 is 2.50 bits per heavy atom. The molecule has 1 rings (SSSR count). The average Bonchev–Trinajstić information content (AvgIpc) is 2.43. The first-order valence-electron chi connectivity index (χ1n) is 7.11. The number of carbonyl (C=O) groups excluding carboxylic acids is 1. The minimum atomic E-state index is -0.347. The van der Waals surface area contributed by atoms with Gasteiger partial charge in [-0.1, -0.05) is 19.9 Å². The van der Waals surface area contributed by atoms with Gasteiger partial charge >= 0.3 is 0 Å². The Bertz CT molecular complexity index is 444. The Kier molecular flexibility index (Phi) is 6.65. The van der Waals surface area contributed by atoms with Crippen LogP contribution in [0.1, 0.15) is 44.0 Å². The predicted molar refractivity (Wildman–Crippen MR) is 80.0 cm³/mol. The summed E-state index contributed by atoms with van der Waals surface area (Å²) in [4.78, 5) is 13.7. The van der Waals surface area contributed by atoms with Gasteiger partial charge in [0.1, 0.15) is 5.82 Å². The molecular formula is C16H24FNO2. The van der Waals surface area contributed by atoms with Crippen molar-refractivity contribution in [1.82, 2.24) is 0 Å². The van der Waals surface area contributed by atoms with Gasteiger partial charge in [0.2, 0.25) is 0 Å². The quantitative estimate of drug-likeness (QED) is 0.681. The van der Waals surface area contributed by atoms with Crippen LogP contribution in [0, 0.1) is 5.82 Å². The molecule has 0 aromatic heterocycles. The highest BCUT2D eigenvalue weighted by molar-refractivity contribution is 5.99. The maximum atomic E-state index is 14.3. The van der Waals surface area contributed by atoms with Crippen molar-refractivity contribution in [3.63, 3.8) is 0 Å². The summed E-state index contributed by atoms with van der Waals surface area (Å²) in [5.41, 5.74) is 0.846. The number of anilines is 1. The summed E-state index contributed by atoms with van der Waals surface area (Å²) in [6.45, 7) is 6.69. The van der Waals surface area contributed by atoms with Gasteiger partial charge in [-0.2, -0.15) is 0 Å². The molecule has 0 unspecified atom stereocenters. The van der Waals surface area contributed by atoms with Crippen molar-refractivity contribution < 1.29 is 13.9 Å². The number of halogens is 1. The first-order chi connectivity index (χ1) is 9.56. The zero-order chi connectivity index (χ0) is 15.1. The van der Waals surface area contributed by atoms with Crippen LogP contribution in [0.25, 0.3) is 0 Å². The lowest BCUT2D eigenvalue weighted by Gasteiger charge is -2.34. The van der Waals surface area contributed by atoms with Gasteiger partial charge in [0.15, 0.2) is 5.78 Å². The molecule has 4 heteroatoms. The van der Waals surface area contributed by atoms with E-state index < -0.39 is 0 Å². The molecule has 0 aliphatic heterocycles. The fourth-order valence-electron chi connectivity index (χ4n) is 2.49. The molecule has 1 aromatic rings. The second-order valence-electron chi connectivity index (χ2n) is 4.85. The largest absolute Gasteiger partial charge is 0.383 e. The summed E-state index contributed by atoms with van der Waals surface area (Å²) in [7, 11) is 1.62. The van der Waals surface area contributed by atoms with Crippen LogP contribution in [0.5, 0.6) is 0 Å². The lowest BCUT2D eigenvalue weighted by molar-refractivity contribution is 0.101. The third-order valence-corrected chi connectivity index (χ3v) is 3.57. The summed E-state index contributed by atoms with van der Waals surface area (Å²) in [6, 6.07) is 4.87. The molecule has 0 aliphatic rings. The number of benzene rings is 1. The number of Topliss-reactive ketones (excluding diaryl/α,β-unsaturated/α-hetero) is 1. The van der Waals surface area contributed by atoms with Crippen LogP contribution in [0.3, 0.4) is 0 Å². The van der Waals surface area contributed by atoms with E-state index in [0.717, 1.165) is 12.8 Å². The fraction of sp³-hybridized carbons (Fsp3) is 0.562. The predicted octanol–water partition coefficient (Wildman–Crippen LogP) is 3.67. The van der Waals surface area contributed by atoms with Crippen molar-refractivity contribution in [1.29, 1.82) is 0 Å². The van der Waals surface area contributed by atoms with E-state index in [2.05, 4.69) is 13.8 Å². The van der Waals surface area contributed by atoms with Crippen LogP contribution in [0.15, 0.2) is 18.2 Å². The van der Waals surface area contributed by atoms with Crippen molar-refractivity contribution in [2.24, 2.45) is 0 Å². The highest BCUT2D eigenvalue weighted by Crippen LogP contribution is 2.28. The summed E-state index contributed by atoms with van der Waals surface area (Å²) >= 11 is 0. The van der Waals surface area contributed by atoms with Crippen molar-refractivity contribution >= 4 is 11.5 Å². The molecule has 0 atom stereocenters. The van der Waals surface area contributed by atoms with E-state index in [1.54, 1.807) is 19.2 Å². The number of hydrogen-bond donors (Lipinski definition) is 0. The van der Waals surface area contributed by atoms with E-state index in [9.17, 15) is 9.18 Å². The number of carbonyl (C=O) groups is 1. The van der Waals surface area contributed by atoms with Gasteiger partial charge in [-0.15, -0.1) is 0 Å². The monoisotopic (exact) mass is 281 g/mol. The smallest absolute Gasteiger partial charge is 0.161 e. The number of ether oxygens (including phenoxy) is 1. The standard InChI is InChI=1S/C16H24FNO2/c1-5-13(6-2)18(10-11-20-4)16-14(12(3)19)8-7-9-15(16)17/h7-9,13H,5-6,10-11H2,1-4H3. The van der Waals surface area contributed by atoms with Crippen LogP contribution in [0.2, 0.25) is 0 Å². The molecular weight excluding hydrogens is 257 g/mol.